The molecule has 0 bridgehead atoms. The molecule has 1 aromatic carbocycles. The second-order valence-electron chi connectivity index (χ2n) is 8.18. The minimum atomic E-state index is -0.0803. The number of fused-ring (bicyclic) bond motifs is 1. The zero-order valence-electron chi connectivity index (χ0n) is 15.8. The molecule has 0 radical (unpaired) electrons. The molecule has 2 aromatic heterocycles. The average Bonchev–Trinajstić information content (AvgIpc) is 3.43. The summed E-state index contributed by atoms with van der Waals surface area (Å²) in [6, 6.07) is 9.26. The Morgan fingerprint density at radius 3 is 2.57 bits per heavy atom. The van der Waals surface area contributed by atoms with E-state index in [9.17, 15) is 4.39 Å². The van der Waals surface area contributed by atoms with E-state index in [1.807, 2.05) is 16.5 Å². The first-order chi connectivity index (χ1) is 13.7. The number of hydrogen-bond donors (Lipinski definition) is 0. The van der Waals surface area contributed by atoms with E-state index < -0.39 is 0 Å². The van der Waals surface area contributed by atoms with Crippen LogP contribution in [0.3, 0.4) is 0 Å². The third-order valence-corrected chi connectivity index (χ3v) is 6.58. The van der Waals surface area contributed by atoms with Crippen molar-refractivity contribution >= 4 is 17.2 Å². The molecule has 4 nitrogen and oxygen atoms in total. The predicted octanol–water partition coefficient (Wildman–Crippen LogP) is 4.85. The van der Waals surface area contributed by atoms with Crippen LogP contribution in [0.1, 0.15) is 48.6 Å². The molecule has 2 aliphatic rings. The number of rotatable bonds is 5. The Bertz CT molecular complexity index is 989. The van der Waals surface area contributed by atoms with Crippen LogP contribution in [0, 0.1) is 11.7 Å². The highest BCUT2D eigenvalue weighted by atomic mass is 35.5. The summed E-state index contributed by atoms with van der Waals surface area (Å²) in [6.07, 6.45) is 7.57. The predicted molar refractivity (Wildman–Crippen MR) is 108 cm³/mol. The van der Waals surface area contributed by atoms with Gasteiger partial charge in [-0.3, -0.25) is 9.30 Å². The van der Waals surface area contributed by atoms with Crippen molar-refractivity contribution in [3.63, 3.8) is 0 Å². The summed E-state index contributed by atoms with van der Waals surface area (Å²) in [6.45, 7) is 2.68. The molecule has 0 spiro atoms. The van der Waals surface area contributed by atoms with Gasteiger partial charge >= 0.3 is 0 Å². The normalized spacial score (nSPS) is 18.8. The van der Waals surface area contributed by atoms with Gasteiger partial charge in [-0.25, -0.2) is 4.39 Å². The summed E-state index contributed by atoms with van der Waals surface area (Å²) in [4.78, 5) is 2.40. The Kier molecular flexibility index (Phi) is 4.81. The van der Waals surface area contributed by atoms with Crippen LogP contribution in [0.2, 0.25) is 5.02 Å². The highest BCUT2D eigenvalue weighted by Crippen LogP contribution is 2.34. The van der Waals surface area contributed by atoms with Gasteiger partial charge in [0.1, 0.15) is 11.6 Å². The van der Waals surface area contributed by atoms with Crippen molar-refractivity contribution in [3.05, 3.63) is 64.3 Å². The third-order valence-electron chi connectivity index (χ3n) is 6.16. The lowest BCUT2D eigenvalue weighted by Gasteiger charge is -2.32. The van der Waals surface area contributed by atoms with Crippen molar-refractivity contribution < 1.29 is 4.39 Å². The largest absolute Gasteiger partial charge is 0.299 e. The molecule has 3 aromatic rings. The summed E-state index contributed by atoms with van der Waals surface area (Å²) in [5.41, 5.74) is 2.70. The van der Waals surface area contributed by atoms with Crippen molar-refractivity contribution in [1.82, 2.24) is 19.5 Å². The van der Waals surface area contributed by atoms with Gasteiger partial charge in [0.05, 0.1) is 5.02 Å². The average molecular weight is 399 g/mol. The zero-order chi connectivity index (χ0) is 19.1. The Morgan fingerprint density at radius 1 is 1.04 bits per heavy atom. The molecule has 146 valence electrons. The molecule has 1 aliphatic heterocycles. The molecule has 1 saturated heterocycles. The minimum absolute atomic E-state index is 0.0803. The second-order valence-corrected chi connectivity index (χ2v) is 8.56. The summed E-state index contributed by atoms with van der Waals surface area (Å²) in [7, 11) is 0. The van der Waals surface area contributed by atoms with E-state index in [1.54, 1.807) is 12.1 Å². The van der Waals surface area contributed by atoms with Crippen LogP contribution < -0.4 is 0 Å². The number of aromatic nitrogens is 3. The topological polar surface area (TPSA) is 33.4 Å². The molecule has 0 atom stereocenters. The number of nitrogens with zero attached hydrogens (tertiary/aromatic N) is 4. The van der Waals surface area contributed by atoms with Gasteiger partial charge in [0.25, 0.3) is 0 Å². The number of pyridine rings is 1. The maximum atomic E-state index is 14.1. The van der Waals surface area contributed by atoms with Gasteiger partial charge in [-0.2, -0.15) is 0 Å². The molecule has 3 heterocycles. The second kappa shape index (κ2) is 7.45. The molecular formula is C22H24ClFN4. The lowest BCUT2D eigenvalue weighted by atomic mass is 9.89. The number of likely N-dealkylation sites (tertiary alicyclic amines) is 1. The van der Waals surface area contributed by atoms with Crippen LogP contribution in [0.15, 0.2) is 36.5 Å². The van der Waals surface area contributed by atoms with Gasteiger partial charge in [0, 0.05) is 19.2 Å². The number of piperidine rings is 1. The van der Waals surface area contributed by atoms with Gasteiger partial charge < -0.3 is 0 Å². The molecular weight excluding hydrogens is 375 g/mol. The lowest BCUT2D eigenvalue weighted by Crippen LogP contribution is -2.32. The maximum absolute atomic E-state index is 14.1. The fourth-order valence-corrected chi connectivity index (χ4v) is 4.55. The van der Waals surface area contributed by atoms with E-state index in [-0.39, 0.29) is 5.82 Å². The van der Waals surface area contributed by atoms with Crippen molar-refractivity contribution in [2.75, 3.05) is 13.1 Å². The van der Waals surface area contributed by atoms with E-state index in [0.29, 0.717) is 10.9 Å². The molecule has 6 heteroatoms. The first-order valence-corrected chi connectivity index (χ1v) is 10.5. The number of hydrogen-bond acceptors (Lipinski definition) is 3. The molecule has 1 aliphatic carbocycles. The van der Waals surface area contributed by atoms with Crippen LogP contribution in [0.5, 0.6) is 0 Å². The first kappa shape index (κ1) is 18.1. The van der Waals surface area contributed by atoms with E-state index in [4.69, 9.17) is 11.6 Å². The Hall–Kier alpha value is -1.98. The summed E-state index contributed by atoms with van der Waals surface area (Å²) < 4.78 is 16.1. The Morgan fingerprint density at radius 2 is 1.82 bits per heavy atom. The van der Waals surface area contributed by atoms with Crippen LogP contribution >= 0.6 is 11.6 Å². The zero-order valence-corrected chi connectivity index (χ0v) is 16.6. The van der Waals surface area contributed by atoms with E-state index in [2.05, 4.69) is 27.4 Å². The van der Waals surface area contributed by atoms with Gasteiger partial charge in [0.2, 0.25) is 0 Å². The Balaban J connectivity index is 1.27. The van der Waals surface area contributed by atoms with Gasteiger partial charge in [0.15, 0.2) is 5.65 Å². The molecule has 2 fully saturated rings. The standard InChI is InChI=1S/C22H24ClFN4/c23-21-17(9-12-28-20(13-15-5-6-15)25-26-22(21)28)14-27-10-7-16(8-11-27)18-3-1-2-4-19(18)24/h1-4,9,12,15-16H,5-8,10-11,13-14H2. The quantitative estimate of drug-likeness (QED) is 0.615. The Labute approximate surface area is 169 Å². The van der Waals surface area contributed by atoms with Gasteiger partial charge in [-0.1, -0.05) is 29.8 Å². The molecule has 0 amide bonds. The van der Waals surface area contributed by atoms with Crippen molar-refractivity contribution in [2.45, 2.75) is 44.6 Å². The van der Waals surface area contributed by atoms with Crippen molar-refractivity contribution in [1.29, 1.82) is 0 Å². The first-order valence-electron chi connectivity index (χ1n) is 10.2. The highest BCUT2D eigenvalue weighted by Gasteiger charge is 2.26. The summed E-state index contributed by atoms with van der Waals surface area (Å²) >= 11 is 6.67. The molecule has 28 heavy (non-hydrogen) atoms. The summed E-state index contributed by atoms with van der Waals surface area (Å²) in [5.74, 6) is 2.00. The number of halogens is 2. The van der Waals surface area contributed by atoms with Crippen LogP contribution in [0.4, 0.5) is 4.39 Å². The van der Waals surface area contributed by atoms with Crippen LogP contribution in [0.25, 0.3) is 5.65 Å². The molecule has 1 saturated carbocycles. The fourth-order valence-electron chi connectivity index (χ4n) is 4.30. The molecule has 0 N–H and O–H groups in total. The van der Waals surface area contributed by atoms with Crippen molar-refractivity contribution in [3.8, 4) is 0 Å². The summed E-state index contributed by atoms with van der Waals surface area (Å²) in [5, 5.41) is 9.39. The monoisotopic (exact) mass is 398 g/mol. The van der Waals surface area contributed by atoms with Crippen molar-refractivity contribution in [2.24, 2.45) is 5.92 Å². The lowest BCUT2D eigenvalue weighted by molar-refractivity contribution is 0.203. The van der Waals surface area contributed by atoms with Crippen LogP contribution in [-0.4, -0.2) is 32.6 Å². The molecule has 5 rings (SSSR count). The highest BCUT2D eigenvalue weighted by molar-refractivity contribution is 6.34. The van der Waals surface area contributed by atoms with Gasteiger partial charge in [-0.05, 0) is 73.9 Å². The van der Waals surface area contributed by atoms with E-state index in [0.717, 1.165) is 67.4 Å². The maximum Gasteiger partial charge on any atom is 0.179 e. The minimum Gasteiger partial charge on any atom is -0.299 e. The third kappa shape index (κ3) is 3.53. The van der Waals surface area contributed by atoms with Crippen LogP contribution in [-0.2, 0) is 13.0 Å². The fraction of sp³-hybridized carbons (Fsp3) is 0.455. The van der Waals surface area contributed by atoms with E-state index >= 15 is 0 Å². The number of benzene rings is 1. The van der Waals surface area contributed by atoms with Gasteiger partial charge in [-0.15, -0.1) is 10.2 Å². The SMILES string of the molecule is Fc1ccccc1C1CCN(Cc2ccn3c(CC4CC4)nnc3c2Cl)CC1. The molecule has 0 unspecified atom stereocenters. The smallest absolute Gasteiger partial charge is 0.179 e. The van der Waals surface area contributed by atoms with E-state index in [1.165, 1.54) is 12.8 Å².